The largest absolute Gasteiger partial charge is 0.331 e. The quantitative estimate of drug-likeness (QED) is 0.606. The van der Waals surface area contributed by atoms with Gasteiger partial charge in [-0.3, -0.25) is 19.5 Å². The molecular formula is C24H27FN4O2. The standard InChI is InChI=1S/C24H27FN4O2/c1-5-23(31)28(16(2)3)15-22(30)27-24-26-21(18-9-7-6-8-10-18)14-29(24)19-12-11-17(4)20(25)13-19/h6-14,16H,5,15H2,1-4H3,(H,26,27,30). The van der Waals surface area contributed by atoms with Crippen molar-refractivity contribution in [2.45, 2.75) is 40.2 Å². The summed E-state index contributed by atoms with van der Waals surface area (Å²) in [6.07, 6.45) is 2.08. The van der Waals surface area contributed by atoms with Gasteiger partial charge in [-0.2, -0.15) is 0 Å². The highest BCUT2D eigenvalue weighted by molar-refractivity contribution is 5.94. The molecule has 0 atom stereocenters. The van der Waals surface area contributed by atoms with Gasteiger partial charge in [0, 0.05) is 24.2 Å². The second kappa shape index (κ2) is 9.55. The zero-order chi connectivity index (χ0) is 22.5. The Morgan fingerprint density at radius 1 is 1.16 bits per heavy atom. The molecule has 0 aliphatic carbocycles. The van der Waals surface area contributed by atoms with Crippen LogP contribution in [0.5, 0.6) is 0 Å². The molecule has 1 heterocycles. The van der Waals surface area contributed by atoms with Crippen LogP contribution in [0.4, 0.5) is 10.3 Å². The predicted molar refractivity (Wildman–Crippen MR) is 119 cm³/mol. The molecule has 2 amide bonds. The summed E-state index contributed by atoms with van der Waals surface area (Å²) >= 11 is 0. The van der Waals surface area contributed by atoms with Crippen LogP contribution in [0.15, 0.2) is 54.7 Å². The molecule has 3 rings (SSSR count). The SMILES string of the molecule is CCC(=O)N(CC(=O)Nc1nc(-c2ccccc2)cn1-c1ccc(C)c(F)c1)C(C)C. The highest BCUT2D eigenvalue weighted by Gasteiger charge is 2.21. The van der Waals surface area contributed by atoms with E-state index in [-0.39, 0.29) is 36.2 Å². The number of benzene rings is 2. The van der Waals surface area contributed by atoms with Crippen LogP contribution < -0.4 is 5.32 Å². The fourth-order valence-electron chi connectivity index (χ4n) is 3.23. The molecule has 0 unspecified atom stereocenters. The third kappa shape index (κ3) is 5.17. The lowest BCUT2D eigenvalue weighted by molar-refractivity contribution is -0.136. The van der Waals surface area contributed by atoms with Crippen molar-refractivity contribution < 1.29 is 14.0 Å². The summed E-state index contributed by atoms with van der Waals surface area (Å²) in [6, 6.07) is 14.3. The molecule has 31 heavy (non-hydrogen) atoms. The summed E-state index contributed by atoms with van der Waals surface area (Å²) in [5.41, 5.74) is 2.58. The highest BCUT2D eigenvalue weighted by Crippen LogP contribution is 2.25. The summed E-state index contributed by atoms with van der Waals surface area (Å²) in [7, 11) is 0. The van der Waals surface area contributed by atoms with E-state index < -0.39 is 0 Å². The van der Waals surface area contributed by atoms with Crippen LogP contribution in [-0.2, 0) is 9.59 Å². The molecule has 0 saturated carbocycles. The molecular weight excluding hydrogens is 395 g/mol. The number of carbonyl (C=O) groups excluding carboxylic acids is 2. The van der Waals surface area contributed by atoms with Gasteiger partial charge < -0.3 is 4.90 Å². The molecule has 0 spiro atoms. The molecule has 1 N–H and O–H groups in total. The molecule has 6 nitrogen and oxygen atoms in total. The van der Waals surface area contributed by atoms with Gasteiger partial charge in [0.15, 0.2) is 0 Å². The van der Waals surface area contributed by atoms with E-state index >= 15 is 0 Å². The number of carbonyl (C=O) groups is 2. The van der Waals surface area contributed by atoms with Crippen LogP contribution in [-0.4, -0.2) is 38.9 Å². The minimum absolute atomic E-state index is 0.0832. The third-order valence-electron chi connectivity index (χ3n) is 5.02. The first-order valence-electron chi connectivity index (χ1n) is 10.3. The molecule has 0 aliphatic heterocycles. The van der Waals surface area contributed by atoms with Crippen LogP contribution in [0.25, 0.3) is 16.9 Å². The zero-order valence-electron chi connectivity index (χ0n) is 18.2. The van der Waals surface area contributed by atoms with Crippen molar-refractivity contribution >= 4 is 17.8 Å². The van der Waals surface area contributed by atoms with Crippen molar-refractivity contribution in [2.24, 2.45) is 0 Å². The third-order valence-corrected chi connectivity index (χ3v) is 5.02. The molecule has 0 bridgehead atoms. The number of aromatic nitrogens is 2. The number of aryl methyl sites for hydroxylation is 1. The summed E-state index contributed by atoms with van der Waals surface area (Å²) in [4.78, 5) is 31.0. The molecule has 0 saturated heterocycles. The molecule has 3 aromatic rings. The van der Waals surface area contributed by atoms with E-state index in [9.17, 15) is 14.0 Å². The first kappa shape index (κ1) is 22.2. The summed E-state index contributed by atoms with van der Waals surface area (Å²) in [5, 5.41) is 2.79. The van der Waals surface area contributed by atoms with E-state index in [2.05, 4.69) is 10.3 Å². The topological polar surface area (TPSA) is 67.2 Å². The number of rotatable bonds is 7. The second-order valence-corrected chi connectivity index (χ2v) is 7.64. The molecule has 0 aliphatic rings. The second-order valence-electron chi connectivity index (χ2n) is 7.64. The van der Waals surface area contributed by atoms with E-state index in [0.717, 1.165) is 5.56 Å². The fraction of sp³-hybridized carbons (Fsp3) is 0.292. The van der Waals surface area contributed by atoms with Gasteiger partial charge in [-0.05, 0) is 38.5 Å². The van der Waals surface area contributed by atoms with Crippen LogP contribution in [0, 0.1) is 12.7 Å². The van der Waals surface area contributed by atoms with Gasteiger partial charge in [0.2, 0.25) is 17.8 Å². The van der Waals surface area contributed by atoms with E-state index in [1.54, 1.807) is 36.7 Å². The molecule has 2 aromatic carbocycles. The Kier molecular flexibility index (Phi) is 6.84. The first-order valence-corrected chi connectivity index (χ1v) is 10.3. The van der Waals surface area contributed by atoms with Gasteiger partial charge in [-0.1, -0.05) is 43.3 Å². The Hall–Kier alpha value is -3.48. The Labute approximate surface area is 181 Å². The summed E-state index contributed by atoms with van der Waals surface area (Å²) < 4.78 is 15.9. The smallest absolute Gasteiger partial charge is 0.246 e. The maximum absolute atomic E-state index is 14.2. The van der Waals surface area contributed by atoms with E-state index in [1.807, 2.05) is 44.2 Å². The van der Waals surface area contributed by atoms with Gasteiger partial charge >= 0.3 is 0 Å². The van der Waals surface area contributed by atoms with E-state index in [1.165, 1.54) is 11.0 Å². The van der Waals surface area contributed by atoms with Gasteiger partial charge in [-0.25, -0.2) is 9.37 Å². The minimum atomic E-state index is -0.366. The van der Waals surface area contributed by atoms with Crippen molar-refractivity contribution in [2.75, 3.05) is 11.9 Å². The normalized spacial score (nSPS) is 10.9. The lowest BCUT2D eigenvalue weighted by atomic mass is 10.2. The highest BCUT2D eigenvalue weighted by atomic mass is 19.1. The summed E-state index contributed by atoms with van der Waals surface area (Å²) in [5.74, 6) is -0.544. The number of hydrogen-bond donors (Lipinski definition) is 1. The monoisotopic (exact) mass is 422 g/mol. The molecule has 7 heteroatoms. The number of imidazole rings is 1. The average molecular weight is 423 g/mol. The van der Waals surface area contributed by atoms with Crippen molar-refractivity contribution in [3.05, 3.63) is 66.1 Å². The Balaban J connectivity index is 1.96. The number of anilines is 1. The van der Waals surface area contributed by atoms with Crippen LogP contribution >= 0.6 is 0 Å². The average Bonchev–Trinajstić information content (AvgIpc) is 3.17. The van der Waals surface area contributed by atoms with Crippen molar-refractivity contribution in [3.8, 4) is 16.9 Å². The van der Waals surface area contributed by atoms with Crippen molar-refractivity contribution in [1.29, 1.82) is 0 Å². The van der Waals surface area contributed by atoms with Gasteiger partial charge in [0.05, 0.1) is 11.4 Å². The Morgan fingerprint density at radius 3 is 2.48 bits per heavy atom. The molecule has 0 radical (unpaired) electrons. The van der Waals surface area contributed by atoms with Crippen molar-refractivity contribution in [1.82, 2.24) is 14.5 Å². The summed E-state index contributed by atoms with van der Waals surface area (Å²) in [6.45, 7) is 7.10. The zero-order valence-corrected chi connectivity index (χ0v) is 18.2. The number of amides is 2. The fourth-order valence-corrected chi connectivity index (χ4v) is 3.23. The minimum Gasteiger partial charge on any atom is -0.331 e. The molecule has 1 aromatic heterocycles. The lowest BCUT2D eigenvalue weighted by Crippen LogP contribution is -2.42. The molecule has 0 fully saturated rings. The van der Waals surface area contributed by atoms with Crippen LogP contribution in [0.2, 0.25) is 0 Å². The Bertz CT molecular complexity index is 1080. The maximum Gasteiger partial charge on any atom is 0.246 e. The first-order chi connectivity index (χ1) is 14.8. The van der Waals surface area contributed by atoms with Crippen LogP contribution in [0.1, 0.15) is 32.8 Å². The molecule has 162 valence electrons. The number of nitrogens with zero attached hydrogens (tertiary/aromatic N) is 3. The van der Waals surface area contributed by atoms with Gasteiger partial charge in [-0.15, -0.1) is 0 Å². The number of hydrogen-bond acceptors (Lipinski definition) is 3. The van der Waals surface area contributed by atoms with Gasteiger partial charge in [0.1, 0.15) is 12.4 Å². The van der Waals surface area contributed by atoms with Gasteiger partial charge in [0.25, 0.3) is 0 Å². The Morgan fingerprint density at radius 2 is 1.87 bits per heavy atom. The van der Waals surface area contributed by atoms with E-state index in [4.69, 9.17) is 0 Å². The lowest BCUT2D eigenvalue weighted by Gasteiger charge is -2.25. The number of halogens is 1. The predicted octanol–water partition coefficient (Wildman–Crippen LogP) is 4.57. The maximum atomic E-state index is 14.2. The number of nitrogens with one attached hydrogen (secondary N) is 1. The van der Waals surface area contributed by atoms with Crippen LogP contribution in [0.3, 0.4) is 0 Å². The van der Waals surface area contributed by atoms with E-state index in [0.29, 0.717) is 23.4 Å². The van der Waals surface area contributed by atoms with Crippen molar-refractivity contribution in [3.63, 3.8) is 0 Å².